The van der Waals surface area contributed by atoms with Gasteiger partial charge in [0.25, 0.3) is 0 Å². The van der Waals surface area contributed by atoms with Gasteiger partial charge in [-0.25, -0.2) is 0 Å². The highest BCUT2D eigenvalue weighted by Gasteiger charge is 2.39. The molecule has 1 atom stereocenters. The first-order valence-electron chi connectivity index (χ1n) is 12.2. The van der Waals surface area contributed by atoms with Crippen molar-refractivity contribution in [3.63, 3.8) is 0 Å². The number of likely N-dealkylation sites (tertiary alicyclic amines) is 1. The number of hydrogen-bond donors (Lipinski definition) is 1. The first-order valence-corrected chi connectivity index (χ1v) is 12.6. The lowest BCUT2D eigenvalue weighted by Gasteiger charge is -2.40. The summed E-state index contributed by atoms with van der Waals surface area (Å²) in [7, 11) is 0. The fourth-order valence-electron chi connectivity index (χ4n) is 5.40. The smallest absolute Gasteiger partial charge is 0.208 e. The Hall–Kier alpha value is -1.83. The molecule has 5 rings (SSSR count). The zero-order valence-electron chi connectivity index (χ0n) is 19.5. The molecular weight excluding hydrogens is 436 g/mol. The Morgan fingerprint density at radius 2 is 1.70 bits per heavy atom. The third-order valence-electron chi connectivity index (χ3n) is 7.31. The summed E-state index contributed by atoms with van der Waals surface area (Å²) in [5.74, 6) is 0. The van der Waals surface area contributed by atoms with Crippen molar-refractivity contribution in [2.24, 2.45) is 0 Å². The van der Waals surface area contributed by atoms with Crippen LogP contribution in [0, 0.1) is 6.92 Å². The molecule has 1 N–H and O–H groups in total. The molecule has 1 unspecified atom stereocenters. The van der Waals surface area contributed by atoms with Gasteiger partial charge in [0.15, 0.2) is 0 Å². The van der Waals surface area contributed by atoms with Gasteiger partial charge in [-0.05, 0) is 49.1 Å². The molecule has 0 bridgehead atoms. The number of aryl methyl sites for hydroxylation is 1. The summed E-state index contributed by atoms with van der Waals surface area (Å²) >= 11 is 6.38. The first kappa shape index (κ1) is 22.9. The SMILES string of the molecule is Cc1ccc2c(c1)N(CCN1CCOCC1)C(O)N2C1CCN(Cc2ccccc2Cl)CC1. The van der Waals surface area contributed by atoms with Crippen LogP contribution in [0.4, 0.5) is 11.4 Å². The summed E-state index contributed by atoms with van der Waals surface area (Å²) in [6.45, 7) is 10.3. The van der Waals surface area contributed by atoms with Crippen molar-refractivity contribution >= 4 is 23.0 Å². The highest BCUT2D eigenvalue weighted by atomic mass is 35.5. The van der Waals surface area contributed by atoms with Gasteiger partial charge in [-0.1, -0.05) is 35.9 Å². The summed E-state index contributed by atoms with van der Waals surface area (Å²) in [6, 6.07) is 15.0. The molecule has 2 saturated heterocycles. The Labute approximate surface area is 202 Å². The second-order valence-electron chi connectivity index (χ2n) is 9.49. The van der Waals surface area contributed by atoms with Crippen molar-refractivity contribution in [2.45, 2.75) is 38.7 Å². The van der Waals surface area contributed by atoms with Gasteiger partial charge in [0.2, 0.25) is 6.35 Å². The zero-order chi connectivity index (χ0) is 22.8. The minimum absolute atomic E-state index is 0.331. The first-order chi connectivity index (χ1) is 16.1. The van der Waals surface area contributed by atoms with Gasteiger partial charge in [0.05, 0.1) is 24.6 Å². The van der Waals surface area contributed by atoms with Gasteiger partial charge in [-0.2, -0.15) is 0 Å². The van der Waals surface area contributed by atoms with Crippen molar-refractivity contribution in [1.29, 1.82) is 0 Å². The number of piperidine rings is 1. The number of benzene rings is 2. The third kappa shape index (κ3) is 5.00. The Morgan fingerprint density at radius 3 is 2.45 bits per heavy atom. The van der Waals surface area contributed by atoms with Crippen LogP contribution in [0.15, 0.2) is 42.5 Å². The van der Waals surface area contributed by atoms with Crippen LogP contribution in [0.3, 0.4) is 0 Å². The highest BCUT2D eigenvalue weighted by Crippen LogP contribution is 2.42. The molecule has 2 aromatic rings. The van der Waals surface area contributed by atoms with Crippen molar-refractivity contribution in [3.05, 3.63) is 58.6 Å². The fraction of sp³-hybridized carbons (Fsp3) is 0.538. The minimum Gasteiger partial charge on any atom is -0.379 e. The van der Waals surface area contributed by atoms with Crippen LogP contribution < -0.4 is 9.80 Å². The molecule has 178 valence electrons. The molecule has 0 spiro atoms. The second-order valence-corrected chi connectivity index (χ2v) is 9.90. The molecular formula is C26H35ClN4O2. The van der Waals surface area contributed by atoms with Crippen LogP contribution in [-0.4, -0.2) is 79.8 Å². The fourth-order valence-corrected chi connectivity index (χ4v) is 5.59. The molecule has 3 aliphatic rings. The maximum Gasteiger partial charge on any atom is 0.208 e. The van der Waals surface area contributed by atoms with E-state index in [4.69, 9.17) is 16.3 Å². The van der Waals surface area contributed by atoms with E-state index in [1.807, 2.05) is 12.1 Å². The standard InChI is InChI=1S/C26H35ClN4O2/c1-20-6-7-24-25(18-20)30(13-12-28-14-16-33-17-15-28)26(32)31(24)22-8-10-29(11-9-22)19-21-4-2-3-5-23(21)27/h2-7,18,22,26,32H,8-17,19H2,1H3. The predicted molar refractivity (Wildman–Crippen MR) is 134 cm³/mol. The van der Waals surface area contributed by atoms with Crippen molar-refractivity contribution in [2.75, 3.05) is 62.3 Å². The van der Waals surface area contributed by atoms with Crippen LogP contribution in [0.5, 0.6) is 0 Å². The second kappa shape index (κ2) is 10.2. The van der Waals surface area contributed by atoms with Crippen molar-refractivity contribution < 1.29 is 9.84 Å². The summed E-state index contributed by atoms with van der Waals surface area (Å²) in [4.78, 5) is 9.36. The molecule has 6 nitrogen and oxygen atoms in total. The third-order valence-corrected chi connectivity index (χ3v) is 7.68. The number of aliphatic hydroxyl groups excluding tert-OH is 1. The zero-order valence-corrected chi connectivity index (χ0v) is 20.3. The summed E-state index contributed by atoms with van der Waals surface area (Å²) in [5, 5.41) is 12.3. The van der Waals surface area contributed by atoms with E-state index in [-0.39, 0.29) is 0 Å². The van der Waals surface area contributed by atoms with Gasteiger partial charge < -0.3 is 19.6 Å². The Bertz CT molecular complexity index is 944. The van der Waals surface area contributed by atoms with Crippen LogP contribution >= 0.6 is 11.6 Å². The van der Waals surface area contributed by atoms with Crippen LogP contribution in [-0.2, 0) is 11.3 Å². The molecule has 0 saturated carbocycles. The lowest BCUT2D eigenvalue weighted by molar-refractivity contribution is 0.0377. The molecule has 2 aromatic carbocycles. The van der Waals surface area contributed by atoms with Gasteiger partial charge in [0.1, 0.15) is 0 Å². The largest absolute Gasteiger partial charge is 0.379 e. The monoisotopic (exact) mass is 470 g/mol. The molecule has 0 aliphatic carbocycles. The molecule has 7 heteroatoms. The lowest BCUT2D eigenvalue weighted by atomic mass is 10.0. The van der Waals surface area contributed by atoms with Gasteiger partial charge >= 0.3 is 0 Å². The maximum absolute atomic E-state index is 11.5. The van der Waals surface area contributed by atoms with E-state index >= 15 is 0 Å². The minimum atomic E-state index is -0.608. The Morgan fingerprint density at radius 1 is 0.939 bits per heavy atom. The topological polar surface area (TPSA) is 42.4 Å². The van der Waals surface area contributed by atoms with E-state index < -0.39 is 6.35 Å². The van der Waals surface area contributed by atoms with E-state index in [2.05, 4.69) is 56.9 Å². The average molecular weight is 471 g/mol. The van der Waals surface area contributed by atoms with E-state index in [1.165, 1.54) is 16.8 Å². The van der Waals surface area contributed by atoms with Gasteiger partial charge in [-0.3, -0.25) is 9.80 Å². The molecule has 0 amide bonds. The molecule has 33 heavy (non-hydrogen) atoms. The average Bonchev–Trinajstić information content (AvgIpc) is 3.10. The number of anilines is 2. The molecule has 3 aliphatic heterocycles. The molecule has 2 fully saturated rings. The van der Waals surface area contributed by atoms with Crippen LogP contribution in [0.1, 0.15) is 24.0 Å². The van der Waals surface area contributed by atoms with E-state index in [1.54, 1.807) is 0 Å². The molecule has 0 radical (unpaired) electrons. The highest BCUT2D eigenvalue weighted by molar-refractivity contribution is 6.31. The van der Waals surface area contributed by atoms with E-state index in [0.717, 1.165) is 82.6 Å². The van der Waals surface area contributed by atoms with E-state index in [9.17, 15) is 5.11 Å². The summed E-state index contributed by atoms with van der Waals surface area (Å²) < 4.78 is 5.49. The van der Waals surface area contributed by atoms with Crippen LogP contribution in [0.25, 0.3) is 0 Å². The molecule has 3 heterocycles. The lowest BCUT2D eigenvalue weighted by Crippen LogP contribution is -2.53. The predicted octanol–water partition coefficient (Wildman–Crippen LogP) is 3.55. The maximum atomic E-state index is 11.5. The number of rotatable bonds is 6. The Kier molecular flexibility index (Phi) is 7.09. The Balaban J connectivity index is 1.26. The van der Waals surface area contributed by atoms with Crippen molar-refractivity contribution in [3.8, 4) is 0 Å². The van der Waals surface area contributed by atoms with E-state index in [0.29, 0.717) is 6.04 Å². The molecule has 0 aromatic heterocycles. The summed E-state index contributed by atoms with van der Waals surface area (Å²) in [6.07, 6.45) is 1.46. The number of hydrogen-bond acceptors (Lipinski definition) is 6. The van der Waals surface area contributed by atoms with Gasteiger partial charge in [0, 0.05) is 56.9 Å². The van der Waals surface area contributed by atoms with Gasteiger partial charge in [-0.15, -0.1) is 0 Å². The van der Waals surface area contributed by atoms with Crippen LogP contribution in [0.2, 0.25) is 5.02 Å². The number of nitrogens with zero attached hydrogens (tertiary/aromatic N) is 4. The summed E-state index contributed by atoms with van der Waals surface area (Å²) in [5.41, 5.74) is 4.75. The number of fused-ring (bicyclic) bond motifs is 1. The normalized spacial score (nSPS) is 22.7. The number of halogens is 1. The number of aliphatic hydroxyl groups is 1. The number of ether oxygens (including phenoxy) is 1. The quantitative estimate of drug-likeness (QED) is 0.696. The van der Waals surface area contributed by atoms with Crippen molar-refractivity contribution in [1.82, 2.24) is 9.80 Å². The number of morpholine rings is 1.